The highest BCUT2D eigenvalue weighted by molar-refractivity contribution is 8.00. The molecule has 1 unspecified atom stereocenters. The van der Waals surface area contributed by atoms with Gasteiger partial charge in [-0.1, -0.05) is 68.9 Å². The first-order valence-corrected chi connectivity index (χ1v) is 10.4. The molecular weight excluding hydrogens is 384 g/mol. The van der Waals surface area contributed by atoms with Crippen LogP contribution in [0.5, 0.6) is 5.75 Å². The van der Waals surface area contributed by atoms with Gasteiger partial charge in [-0.15, -0.1) is 10.2 Å². The first-order valence-electron chi connectivity index (χ1n) is 9.55. The number of nitrogens with zero attached hydrogens (tertiary/aromatic N) is 2. The summed E-state index contributed by atoms with van der Waals surface area (Å²) < 4.78 is 11.3. The zero-order chi connectivity index (χ0) is 21.0. The molecule has 1 heterocycles. The molecule has 0 saturated heterocycles. The number of ketones is 1. The van der Waals surface area contributed by atoms with Gasteiger partial charge in [0.1, 0.15) is 5.75 Å². The number of benzene rings is 2. The maximum absolute atomic E-state index is 12.7. The van der Waals surface area contributed by atoms with E-state index >= 15 is 0 Å². The fourth-order valence-electron chi connectivity index (χ4n) is 2.77. The summed E-state index contributed by atoms with van der Waals surface area (Å²) in [4.78, 5) is 12.7. The number of hydrogen-bond donors (Lipinski definition) is 0. The van der Waals surface area contributed by atoms with Crippen LogP contribution in [-0.2, 0) is 12.0 Å². The van der Waals surface area contributed by atoms with Crippen molar-refractivity contribution < 1.29 is 13.9 Å². The minimum atomic E-state index is -0.332. The smallest absolute Gasteiger partial charge is 0.277 e. The molecule has 152 valence electrons. The normalized spacial score (nSPS) is 12.6. The molecule has 1 atom stereocenters. The highest BCUT2D eigenvalue weighted by Gasteiger charge is 2.21. The van der Waals surface area contributed by atoms with Crippen LogP contribution >= 0.6 is 11.8 Å². The largest absolute Gasteiger partial charge is 0.484 e. The second-order valence-electron chi connectivity index (χ2n) is 8.02. The Labute approximate surface area is 175 Å². The van der Waals surface area contributed by atoms with E-state index in [1.165, 1.54) is 17.3 Å². The van der Waals surface area contributed by atoms with Gasteiger partial charge in [0.2, 0.25) is 0 Å². The van der Waals surface area contributed by atoms with Gasteiger partial charge < -0.3 is 9.15 Å². The lowest BCUT2D eigenvalue weighted by atomic mass is 9.86. The lowest BCUT2D eigenvalue weighted by Crippen LogP contribution is -2.15. The SMILES string of the molecule is Cc1cccc(OCc2nnc(SC(C)C(=O)c3ccc(C(C)(C)C)cc3)o2)c1. The van der Waals surface area contributed by atoms with Crippen molar-refractivity contribution in [3.8, 4) is 5.75 Å². The first kappa shape index (κ1) is 21.1. The number of ether oxygens (including phenoxy) is 1. The fourth-order valence-corrected chi connectivity index (χ4v) is 3.55. The maximum atomic E-state index is 12.7. The minimum absolute atomic E-state index is 0.0335. The summed E-state index contributed by atoms with van der Waals surface area (Å²) in [5.74, 6) is 1.16. The number of Topliss-reactive ketones (excluding diaryl/α,β-unsaturated/α-hetero) is 1. The molecule has 0 N–H and O–H groups in total. The summed E-state index contributed by atoms with van der Waals surface area (Å²) in [5.41, 5.74) is 3.06. The summed E-state index contributed by atoms with van der Waals surface area (Å²) in [7, 11) is 0. The van der Waals surface area contributed by atoms with E-state index in [1.54, 1.807) is 0 Å². The highest BCUT2D eigenvalue weighted by Crippen LogP contribution is 2.27. The second kappa shape index (κ2) is 8.82. The van der Waals surface area contributed by atoms with E-state index in [-0.39, 0.29) is 23.1 Å². The Hall–Kier alpha value is -2.60. The van der Waals surface area contributed by atoms with Gasteiger partial charge in [0.05, 0.1) is 5.25 Å². The van der Waals surface area contributed by atoms with Crippen LogP contribution in [-0.4, -0.2) is 21.2 Å². The molecule has 0 radical (unpaired) electrons. The van der Waals surface area contributed by atoms with E-state index in [4.69, 9.17) is 9.15 Å². The van der Waals surface area contributed by atoms with E-state index < -0.39 is 0 Å². The van der Waals surface area contributed by atoms with E-state index in [1.807, 2.05) is 62.4 Å². The molecular formula is C23H26N2O3S. The Balaban J connectivity index is 1.58. The van der Waals surface area contributed by atoms with Crippen molar-refractivity contribution in [1.29, 1.82) is 0 Å². The van der Waals surface area contributed by atoms with E-state index in [2.05, 4.69) is 31.0 Å². The minimum Gasteiger partial charge on any atom is -0.484 e. The third kappa shape index (κ3) is 5.70. The van der Waals surface area contributed by atoms with Crippen molar-refractivity contribution >= 4 is 17.5 Å². The number of hydrogen-bond acceptors (Lipinski definition) is 6. The Morgan fingerprint density at radius 1 is 1.14 bits per heavy atom. The Kier molecular flexibility index (Phi) is 6.42. The summed E-state index contributed by atoms with van der Waals surface area (Å²) >= 11 is 1.26. The van der Waals surface area contributed by atoms with Gasteiger partial charge in [-0.3, -0.25) is 4.79 Å². The molecule has 0 aliphatic heterocycles. The molecule has 0 saturated carbocycles. The summed E-state index contributed by atoms with van der Waals surface area (Å²) in [5, 5.41) is 8.06. The summed E-state index contributed by atoms with van der Waals surface area (Å²) in [6, 6.07) is 15.5. The molecule has 6 heteroatoms. The topological polar surface area (TPSA) is 65.2 Å². The predicted molar refractivity (Wildman–Crippen MR) is 115 cm³/mol. The predicted octanol–water partition coefficient (Wildman–Crippen LogP) is 5.62. The van der Waals surface area contributed by atoms with Crippen LogP contribution < -0.4 is 4.74 Å². The van der Waals surface area contributed by atoms with E-state index in [9.17, 15) is 4.79 Å². The number of rotatable bonds is 7. The van der Waals surface area contributed by atoms with Crippen LogP contribution in [0.1, 0.15) is 55.1 Å². The number of carbonyl (C=O) groups is 1. The Morgan fingerprint density at radius 2 is 1.86 bits per heavy atom. The number of aromatic nitrogens is 2. The van der Waals surface area contributed by atoms with Gasteiger partial charge in [-0.25, -0.2) is 0 Å². The maximum Gasteiger partial charge on any atom is 0.277 e. The molecule has 0 spiro atoms. The van der Waals surface area contributed by atoms with Crippen molar-refractivity contribution in [3.05, 3.63) is 71.1 Å². The Bertz CT molecular complexity index is 974. The van der Waals surface area contributed by atoms with Gasteiger partial charge in [-0.2, -0.15) is 0 Å². The third-order valence-electron chi connectivity index (χ3n) is 4.48. The van der Waals surface area contributed by atoms with E-state index in [0.717, 1.165) is 11.3 Å². The van der Waals surface area contributed by atoms with Crippen LogP contribution in [0.3, 0.4) is 0 Å². The van der Waals surface area contributed by atoms with Gasteiger partial charge in [0.15, 0.2) is 12.4 Å². The molecule has 0 aliphatic carbocycles. The molecule has 5 nitrogen and oxygen atoms in total. The van der Waals surface area contributed by atoms with Crippen molar-refractivity contribution in [1.82, 2.24) is 10.2 Å². The molecule has 0 amide bonds. The zero-order valence-corrected chi connectivity index (χ0v) is 18.2. The van der Waals surface area contributed by atoms with Crippen molar-refractivity contribution in [3.63, 3.8) is 0 Å². The quantitative estimate of drug-likeness (QED) is 0.372. The first-order chi connectivity index (χ1) is 13.7. The average molecular weight is 411 g/mol. The fraction of sp³-hybridized carbons (Fsp3) is 0.348. The van der Waals surface area contributed by atoms with Crippen LogP contribution in [0, 0.1) is 6.92 Å². The molecule has 29 heavy (non-hydrogen) atoms. The number of carbonyl (C=O) groups excluding carboxylic acids is 1. The third-order valence-corrected chi connectivity index (χ3v) is 5.42. The number of thioether (sulfide) groups is 1. The molecule has 0 bridgehead atoms. The van der Waals surface area contributed by atoms with Crippen LogP contribution in [0.25, 0.3) is 0 Å². The lowest BCUT2D eigenvalue weighted by Gasteiger charge is -2.19. The molecule has 1 aromatic heterocycles. The zero-order valence-electron chi connectivity index (χ0n) is 17.4. The monoisotopic (exact) mass is 410 g/mol. The van der Waals surface area contributed by atoms with Crippen LogP contribution in [0.4, 0.5) is 0 Å². The van der Waals surface area contributed by atoms with E-state index in [0.29, 0.717) is 16.7 Å². The molecule has 3 rings (SSSR count). The van der Waals surface area contributed by atoms with Crippen LogP contribution in [0.2, 0.25) is 0 Å². The highest BCUT2D eigenvalue weighted by atomic mass is 32.2. The van der Waals surface area contributed by atoms with Gasteiger partial charge >= 0.3 is 0 Å². The molecule has 0 fully saturated rings. The summed E-state index contributed by atoms with van der Waals surface area (Å²) in [6.07, 6.45) is 0. The summed E-state index contributed by atoms with van der Waals surface area (Å²) in [6.45, 7) is 10.5. The molecule has 0 aliphatic rings. The van der Waals surface area contributed by atoms with Crippen molar-refractivity contribution in [2.45, 2.75) is 57.1 Å². The second-order valence-corrected chi connectivity index (χ2v) is 9.31. The van der Waals surface area contributed by atoms with Gasteiger partial charge in [0, 0.05) is 5.56 Å². The Morgan fingerprint density at radius 3 is 2.52 bits per heavy atom. The molecule has 3 aromatic rings. The van der Waals surface area contributed by atoms with Gasteiger partial charge in [0.25, 0.3) is 11.1 Å². The van der Waals surface area contributed by atoms with Gasteiger partial charge in [-0.05, 0) is 42.5 Å². The van der Waals surface area contributed by atoms with Crippen LogP contribution in [0.15, 0.2) is 58.2 Å². The van der Waals surface area contributed by atoms with Crippen molar-refractivity contribution in [2.75, 3.05) is 0 Å². The number of aryl methyl sites for hydroxylation is 1. The molecule has 2 aromatic carbocycles. The lowest BCUT2D eigenvalue weighted by molar-refractivity contribution is 0.0993. The average Bonchev–Trinajstić information content (AvgIpc) is 3.12. The van der Waals surface area contributed by atoms with Crippen molar-refractivity contribution in [2.24, 2.45) is 0 Å². The standard InChI is InChI=1S/C23H26N2O3S/c1-15-7-6-8-19(13-15)27-14-20-24-25-22(28-20)29-16(2)21(26)17-9-11-18(12-10-17)23(3,4)5/h6-13,16H,14H2,1-5H3.